The molecule has 1 aromatic rings. The third kappa shape index (κ3) is 2.35. The molecular weight excluding hydrogens is 257 g/mol. The van der Waals surface area contributed by atoms with Crippen LogP contribution in [0.3, 0.4) is 0 Å². The predicted molar refractivity (Wildman–Crippen MR) is 54.9 cm³/mol. The van der Waals surface area contributed by atoms with E-state index in [0.29, 0.717) is 11.3 Å². The molecule has 0 unspecified atom stereocenters. The van der Waals surface area contributed by atoms with Gasteiger partial charge in [-0.3, -0.25) is 0 Å². The summed E-state index contributed by atoms with van der Waals surface area (Å²) >= 11 is 8.89. The van der Waals surface area contributed by atoms with Crippen molar-refractivity contribution in [1.82, 2.24) is 0 Å². The Hall–Kier alpha value is -0.740. The maximum atomic E-state index is 8.42. The number of ether oxygens (including phenoxy) is 1. The van der Waals surface area contributed by atoms with Crippen molar-refractivity contribution >= 4 is 32.7 Å². The molecule has 70 valence electrons. The second kappa shape index (κ2) is 4.48. The minimum Gasteiger partial charge on any atom is -0.496 e. The van der Waals surface area contributed by atoms with Gasteiger partial charge in [0.05, 0.1) is 11.6 Å². The first-order chi connectivity index (χ1) is 6.19. The van der Waals surface area contributed by atoms with Crippen molar-refractivity contribution in [2.45, 2.75) is 0 Å². The molecule has 0 aromatic heterocycles. The number of methoxy groups -OCH3 is 1. The minimum absolute atomic E-state index is 0.0331. The quantitative estimate of drug-likeness (QED) is 0.507. The van der Waals surface area contributed by atoms with Crippen molar-refractivity contribution in [2.75, 3.05) is 7.11 Å². The highest BCUT2D eigenvalue weighted by atomic mass is 79.9. The van der Waals surface area contributed by atoms with Gasteiger partial charge in [-0.25, -0.2) is 0 Å². The van der Waals surface area contributed by atoms with E-state index in [-0.39, 0.29) is 5.17 Å². The van der Waals surface area contributed by atoms with Gasteiger partial charge in [0.2, 0.25) is 0 Å². The van der Waals surface area contributed by atoms with Gasteiger partial charge < -0.3 is 9.94 Å². The molecule has 0 bridgehead atoms. The molecule has 3 nitrogen and oxygen atoms in total. The summed E-state index contributed by atoms with van der Waals surface area (Å²) in [5, 5.41) is 11.3. The summed E-state index contributed by atoms with van der Waals surface area (Å²) in [5.41, 5.74) is 0.601. The topological polar surface area (TPSA) is 41.8 Å². The van der Waals surface area contributed by atoms with Crippen LogP contribution in [0.1, 0.15) is 5.56 Å². The minimum atomic E-state index is 0.0331. The van der Waals surface area contributed by atoms with Crippen molar-refractivity contribution < 1.29 is 9.94 Å². The lowest BCUT2D eigenvalue weighted by Gasteiger charge is -2.04. The monoisotopic (exact) mass is 263 g/mol. The molecule has 0 atom stereocenters. The molecule has 0 aliphatic carbocycles. The van der Waals surface area contributed by atoms with Gasteiger partial charge >= 0.3 is 0 Å². The van der Waals surface area contributed by atoms with Gasteiger partial charge in [0.25, 0.3) is 0 Å². The van der Waals surface area contributed by atoms with E-state index in [4.69, 9.17) is 21.5 Å². The van der Waals surface area contributed by atoms with Crippen LogP contribution in [0.4, 0.5) is 0 Å². The molecule has 0 heterocycles. The maximum absolute atomic E-state index is 8.42. The van der Waals surface area contributed by atoms with E-state index in [9.17, 15) is 0 Å². The van der Waals surface area contributed by atoms with Crippen LogP contribution in [0, 0.1) is 0 Å². The summed E-state index contributed by atoms with van der Waals surface area (Å²) < 4.78 is 5.86. The molecule has 0 spiro atoms. The Morgan fingerprint density at radius 2 is 2.31 bits per heavy atom. The summed E-state index contributed by atoms with van der Waals surface area (Å²) in [6.45, 7) is 0. The van der Waals surface area contributed by atoms with E-state index < -0.39 is 0 Å². The Labute approximate surface area is 89.1 Å². The van der Waals surface area contributed by atoms with Crippen LogP contribution >= 0.6 is 27.5 Å². The molecular formula is C8H7BrClNO2. The maximum Gasteiger partial charge on any atom is 0.175 e. The number of benzene rings is 1. The zero-order chi connectivity index (χ0) is 9.84. The van der Waals surface area contributed by atoms with Crippen molar-refractivity contribution in [2.24, 2.45) is 5.16 Å². The van der Waals surface area contributed by atoms with Crippen molar-refractivity contribution in [3.8, 4) is 5.75 Å². The van der Waals surface area contributed by atoms with Crippen LogP contribution in [-0.2, 0) is 0 Å². The van der Waals surface area contributed by atoms with Gasteiger partial charge in [0, 0.05) is 5.56 Å². The van der Waals surface area contributed by atoms with Gasteiger partial charge in [-0.05, 0) is 28.1 Å². The van der Waals surface area contributed by atoms with Crippen LogP contribution in [0.5, 0.6) is 5.75 Å². The molecule has 0 aliphatic rings. The van der Waals surface area contributed by atoms with Crippen LogP contribution < -0.4 is 4.74 Å². The highest BCUT2D eigenvalue weighted by Gasteiger charge is 2.05. The molecule has 1 rings (SSSR count). The van der Waals surface area contributed by atoms with E-state index in [1.54, 1.807) is 25.3 Å². The summed E-state index contributed by atoms with van der Waals surface area (Å²) in [6, 6.07) is 5.16. The van der Waals surface area contributed by atoms with Gasteiger partial charge in [-0.2, -0.15) is 0 Å². The lowest BCUT2D eigenvalue weighted by Crippen LogP contribution is -1.93. The van der Waals surface area contributed by atoms with Gasteiger partial charge in [-0.1, -0.05) is 22.8 Å². The smallest absolute Gasteiger partial charge is 0.175 e. The molecule has 0 amide bonds. The third-order valence-corrected chi connectivity index (χ3v) is 2.43. The van der Waals surface area contributed by atoms with Gasteiger partial charge in [0.15, 0.2) is 5.17 Å². The Morgan fingerprint density at radius 1 is 1.62 bits per heavy atom. The Bertz CT molecular complexity index is 341. The Balaban J connectivity index is 3.13. The molecule has 0 radical (unpaired) electrons. The fraction of sp³-hybridized carbons (Fsp3) is 0.125. The Morgan fingerprint density at radius 3 is 2.85 bits per heavy atom. The zero-order valence-electron chi connectivity index (χ0n) is 6.79. The molecule has 0 saturated heterocycles. The summed E-state index contributed by atoms with van der Waals surface area (Å²) in [4.78, 5) is 0. The average molecular weight is 265 g/mol. The fourth-order valence-corrected chi connectivity index (χ4v) is 1.37. The lowest BCUT2D eigenvalue weighted by molar-refractivity contribution is 0.321. The number of nitrogens with zero attached hydrogens (tertiary/aromatic N) is 1. The first kappa shape index (κ1) is 10.3. The summed E-state index contributed by atoms with van der Waals surface area (Å²) in [7, 11) is 1.55. The number of oxime groups is 1. The fourth-order valence-electron chi connectivity index (χ4n) is 0.846. The molecule has 0 saturated carbocycles. The summed E-state index contributed by atoms with van der Waals surface area (Å²) in [5.74, 6) is 0.638. The van der Waals surface area contributed by atoms with Crippen LogP contribution in [0.2, 0.25) is 0 Å². The Kier molecular flexibility index (Phi) is 3.57. The first-order valence-electron chi connectivity index (χ1n) is 3.40. The highest BCUT2D eigenvalue weighted by Crippen LogP contribution is 2.26. The van der Waals surface area contributed by atoms with Crippen LogP contribution in [0.15, 0.2) is 27.8 Å². The number of hydrogen-bond donors (Lipinski definition) is 1. The summed E-state index contributed by atoms with van der Waals surface area (Å²) in [6.07, 6.45) is 0. The van der Waals surface area contributed by atoms with E-state index in [1.165, 1.54) is 0 Å². The molecule has 0 aliphatic heterocycles. The highest BCUT2D eigenvalue weighted by molar-refractivity contribution is 9.10. The lowest BCUT2D eigenvalue weighted by atomic mass is 10.2. The second-order valence-corrected chi connectivity index (χ2v) is 3.45. The number of halogens is 2. The van der Waals surface area contributed by atoms with Crippen molar-refractivity contribution in [1.29, 1.82) is 0 Å². The predicted octanol–water partition coefficient (Wildman–Crippen LogP) is 2.83. The van der Waals surface area contributed by atoms with E-state index in [0.717, 1.165) is 4.47 Å². The third-order valence-electron chi connectivity index (χ3n) is 1.48. The van der Waals surface area contributed by atoms with E-state index in [1.807, 2.05) is 0 Å². The molecule has 1 N–H and O–H groups in total. The van der Waals surface area contributed by atoms with E-state index >= 15 is 0 Å². The second-order valence-electron chi connectivity index (χ2n) is 2.24. The standard InChI is InChI=1S/C8H7BrClNO2/c1-13-7-4-5(8(10)11-12)2-3-6(7)9/h2-4,12H,1H3. The average Bonchev–Trinajstić information content (AvgIpc) is 2.17. The first-order valence-corrected chi connectivity index (χ1v) is 4.57. The van der Waals surface area contributed by atoms with Gasteiger partial charge in [0.1, 0.15) is 5.75 Å². The molecule has 1 aromatic carbocycles. The van der Waals surface area contributed by atoms with Crippen molar-refractivity contribution in [3.05, 3.63) is 28.2 Å². The van der Waals surface area contributed by atoms with Crippen LogP contribution in [-0.4, -0.2) is 17.5 Å². The molecule has 13 heavy (non-hydrogen) atoms. The normalized spacial score (nSPS) is 11.5. The largest absolute Gasteiger partial charge is 0.496 e. The molecule has 0 fully saturated rings. The van der Waals surface area contributed by atoms with Crippen LogP contribution in [0.25, 0.3) is 0 Å². The van der Waals surface area contributed by atoms with E-state index in [2.05, 4.69) is 21.1 Å². The number of hydrogen-bond acceptors (Lipinski definition) is 3. The SMILES string of the molecule is COc1cc(C(Cl)=NO)ccc1Br. The number of rotatable bonds is 2. The zero-order valence-corrected chi connectivity index (χ0v) is 9.13. The van der Waals surface area contributed by atoms with Crippen molar-refractivity contribution in [3.63, 3.8) is 0 Å². The van der Waals surface area contributed by atoms with Gasteiger partial charge in [-0.15, -0.1) is 0 Å². The molecule has 5 heteroatoms.